The lowest BCUT2D eigenvalue weighted by molar-refractivity contribution is 0.215. The van der Waals surface area contributed by atoms with Crippen molar-refractivity contribution in [2.45, 2.75) is 0 Å². The standard InChI is InChI=1S/C8H5BrF3NO/c1-14-13-3-4-2-5(9)7(11)8(12)6(4)10/h2-3H,1H3/b13-3+. The maximum atomic E-state index is 13.0. The van der Waals surface area contributed by atoms with Crippen molar-refractivity contribution in [3.05, 3.63) is 33.6 Å². The smallest absolute Gasteiger partial charge is 0.196 e. The normalized spacial score (nSPS) is 10.9. The van der Waals surface area contributed by atoms with Gasteiger partial charge in [-0.25, -0.2) is 13.2 Å². The third-order valence-corrected chi connectivity index (χ3v) is 2.00. The van der Waals surface area contributed by atoms with Crippen LogP contribution in [0.4, 0.5) is 13.2 Å². The SMILES string of the molecule is CO/N=C/c1cc(Br)c(F)c(F)c1F. The molecule has 0 saturated carbocycles. The summed E-state index contributed by atoms with van der Waals surface area (Å²) in [5.74, 6) is -4.11. The van der Waals surface area contributed by atoms with Crippen LogP contribution in [0.15, 0.2) is 15.7 Å². The molecule has 0 amide bonds. The fourth-order valence-electron chi connectivity index (χ4n) is 0.795. The molecule has 0 atom stereocenters. The Hall–Kier alpha value is -1.04. The Balaban J connectivity index is 3.26. The first kappa shape index (κ1) is 11.0. The molecule has 0 aromatic heterocycles. The van der Waals surface area contributed by atoms with E-state index in [1.54, 1.807) is 0 Å². The molecule has 0 aliphatic carbocycles. The van der Waals surface area contributed by atoms with Gasteiger partial charge >= 0.3 is 0 Å². The molecule has 0 N–H and O–H groups in total. The predicted octanol–water partition coefficient (Wildman–Crippen LogP) is 2.85. The van der Waals surface area contributed by atoms with Crippen LogP contribution < -0.4 is 0 Å². The summed E-state index contributed by atoms with van der Waals surface area (Å²) >= 11 is 2.74. The quantitative estimate of drug-likeness (QED) is 0.350. The van der Waals surface area contributed by atoms with Gasteiger partial charge in [0.25, 0.3) is 0 Å². The largest absolute Gasteiger partial charge is 0.399 e. The maximum Gasteiger partial charge on any atom is 0.196 e. The lowest BCUT2D eigenvalue weighted by Crippen LogP contribution is -1.98. The first-order valence-electron chi connectivity index (χ1n) is 3.47. The Kier molecular flexibility index (Phi) is 3.51. The molecule has 0 fully saturated rings. The number of hydrogen-bond donors (Lipinski definition) is 0. The first-order valence-corrected chi connectivity index (χ1v) is 4.26. The van der Waals surface area contributed by atoms with Gasteiger partial charge in [-0.1, -0.05) is 5.16 Å². The molecule has 1 aromatic rings. The molecule has 0 spiro atoms. The van der Waals surface area contributed by atoms with Crippen molar-refractivity contribution in [1.82, 2.24) is 0 Å². The summed E-state index contributed by atoms with van der Waals surface area (Å²) in [7, 11) is 1.25. The van der Waals surface area contributed by atoms with E-state index >= 15 is 0 Å². The fourth-order valence-corrected chi connectivity index (χ4v) is 1.22. The molecule has 0 radical (unpaired) electrons. The third kappa shape index (κ3) is 2.06. The maximum absolute atomic E-state index is 13.0. The van der Waals surface area contributed by atoms with E-state index in [0.29, 0.717) is 0 Å². The van der Waals surface area contributed by atoms with E-state index in [9.17, 15) is 13.2 Å². The zero-order valence-corrected chi connectivity index (χ0v) is 8.61. The van der Waals surface area contributed by atoms with Crippen LogP contribution in [0.5, 0.6) is 0 Å². The topological polar surface area (TPSA) is 21.6 Å². The van der Waals surface area contributed by atoms with Gasteiger partial charge < -0.3 is 4.84 Å². The molecule has 0 heterocycles. The molecular weight excluding hydrogens is 263 g/mol. The van der Waals surface area contributed by atoms with Crippen LogP contribution in [0.25, 0.3) is 0 Å². The third-order valence-electron chi connectivity index (χ3n) is 1.43. The number of oxime groups is 1. The van der Waals surface area contributed by atoms with Crippen LogP contribution in [0.1, 0.15) is 5.56 Å². The van der Waals surface area contributed by atoms with Crippen molar-refractivity contribution in [1.29, 1.82) is 0 Å². The number of nitrogens with zero attached hydrogens (tertiary/aromatic N) is 1. The summed E-state index contributed by atoms with van der Waals surface area (Å²) in [4.78, 5) is 4.28. The first-order chi connectivity index (χ1) is 6.57. The van der Waals surface area contributed by atoms with Crippen molar-refractivity contribution in [2.75, 3.05) is 7.11 Å². The molecule has 6 heteroatoms. The highest BCUT2D eigenvalue weighted by atomic mass is 79.9. The highest BCUT2D eigenvalue weighted by Gasteiger charge is 2.16. The second-order valence-electron chi connectivity index (χ2n) is 2.31. The summed E-state index contributed by atoms with van der Waals surface area (Å²) in [6, 6.07) is 1.07. The summed E-state index contributed by atoms with van der Waals surface area (Å²) in [6.07, 6.45) is 0.947. The van der Waals surface area contributed by atoms with E-state index in [2.05, 4.69) is 25.9 Å². The van der Waals surface area contributed by atoms with E-state index in [-0.39, 0.29) is 10.0 Å². The van der Waals surface area contributed by atoms with Gasteiger partial charge in [-0.3, -0.25) is 0 Å². The zero-order valence-electron chi connectivity index (χ0n) is 7.02. The van der Waals surface area contributed by atoms with E-state index in [4.69, 9.17) is 0 Å². The van der Waals surface area contributed by atoms with Crippen molar-refractivity contribution < 1.29 is 18.0 Å². The molecule has 2 nitrogen and oxygen atoms in total. The van der Waals surface area contributed by atoms with Crippen LogP contribution in [-0.2, 0) is 4.84 Å². The van der Waals surface area contributed by atoms with Crippen LogP contribution in [0.2, 0.25) is 0 Å². The molecule has 0 aliphatic rings. The number of halogens is 4. The lowest BCUT2D eigenvalue weighted by Gasteiger charge is -2.01. The van der Waals surface area contributed by atoms with Gasteiger partial charge in [-0.2, -0.15) is 0 Å². The second kappa shape index (κ2) is 4.45. The van der Waals surface area contributed by atoms with Crippen LogP contribution >= 0.6 is 15.9 Å². The average Bonchev–Trinajstić information content (AvgIpc) is 2.18. The summed E-state index contributed by atoms with van der Waals surface area (Å²) in [5.41, 5.74) is -0.197. The van der Waals surface area contributed by atoms with Crippen LogP contribution in [0.3, 0.4) is 0 Å². The molecule has 0 saturated heterocycles. The Labute approximate surface area is 86.5 Å². The Morgan fingerprint density at radius 1 is 1.29 bits per heavy atom. The summed E-state index contributed by atoms with van der Waals surface area (Å²) in [5, 5.41) is 3.24. The molecule has 14 heavy (non-hydrogen) atoms. The Morgan fingerprint density at radius 2 is 1.93 bits per heavy atom. The minimum atomic E-state index is -1.54. The highest BCUT2D eigenvalue weighted by molar-refractivity contribution is 9.10. The van der Waals surface area contributed by atoms with Gasteiger partial charge in [0.15, 0.2) is 17.5 Å². The molecular formula is C8H5BrF3NO. The van der Waals surface area contributed by atoms with Gasteiger partial charge in [0.2, 0.25) is 0 Å². The summed E-state index contributed by atoms with van der Waals surface area (Å²) < 4.78 is 38.4. The van der Waals surface area contributed by atoms with Gasteiger partial charge in [-0.05, 0) is 22.0 Å². The van der Waals surface area contributed by atoms with E-state index in [1.165, 1.54) is 7.11 Å². The van der Waals surface area contributed by atoms with Crippen molar-refractivity contribution >= 4 is 22.1 Å². The predicted molar refractivity (Wildman–Crippen MR) is 48.6 cm³/mol. The number of hydrogen-bond acceptors (Lipinski definition) is 2. The monoisotopic (exact) mass is 267 g/mol. The molecule has 76 valence electrons. The van der Waals surface area contributed by atoms with Crippen molar-refractivity contribution in [2.24, 2.45) is 5.16 Å². The van der Waals surface area contributed by atoms with E-state index < -0.39 is 17.5 Å². The lowest BCUT2D eigenvalue weighted by atomic mass is 10.2. The zero-order chi connectivity index (χ0) is 10.7. The highest BCUT2D eigenvalue weighted by Crippen LogP contribution is 2.22. The van der Waals surface area contributed by atoms with Crippen molar-refractivity contribution in [3.8, 4) is 0 Å². The Bertz CT molecular complexity index is 381. The molecule has 1 rings (SSSR count). The van der Waals surface area contributed by atoms with Gasteiger partial charge in [0.1, 0.15) is 7.11 Å². The van der Waals surface area contributed by atoms with E-state index in [0.717, 1.165) is 12.3 Å². The molecule has 0 aliphatic heterocycles. The molecule has 1 aromatic carbocycles. The van der Waals surface area contributed by atoms with Crippen molar-refractivity contribution in [3.63, 3.8) is 0 Å². The van der Waals surface area contributed by atoms with Gasteiger partial charge in [0.05, 0.1) is 10.7 Å². The van der Waals surface area contributed by atoms with Gasteiger partial charge in [-0.15, -0.1) is 0 Å². The summed E-state index contributed by atoms with van der Waals surface area (Å²) in [6.45, 7) is 0. The molecule has 0 unspecified atom stereocenters. The average molecular weight is 268 g/mol. The number of rotatable bonds is 2. The minimum Gasteiger partial charge on any atom is -0.399 e. The fraction of sp³-hybridized carbons (Fsp3) is 0.125. The molecule has 0 bridgehead atoms. The van der Waals surface area contributed by atoms with Crippen LogP contribution in [0, 0.1) is 17.5 Å². The minimum absolute atomic E-state index is 0.172. The van der Waals surface area contributed by atoms with Gasteiger partial charge in [0, 0.05) is 5.56 Å². The second-order valence-corrected chi connectivity index (χ2v) is 3.16. The van der Waals surface area contributed by atoms with Crippen LogP contribution in [-0.4, -0.2) is 13.3 Å². The van der Waals surface area contributed by atoms with E-state index in [1.807, 2.05) is 0 Å². The number of benzene rings is 1. The Morgan fingerprint density at radius 3 is 2.50 bits per heavy atom.